The molecule has 0 saturated heterocycles. The first-order valence-electron chi connectivity index (χ1n) is 6.73. The lowest BCUT2D eigenvalue weighted by Crippen LogP contribution is -1.95. The number of rotatable bonds is 2. The Morgan fingerprint density at radius 2 is 1.95 bits per heavy atom. The summed E-state index contributed by atoms with van der Waals surface area (Å²) in [7, 11) is 0. The predicted octanol–water partition coefficient (Wildman–Crippen LogP) is 5.35. The minimum Gasteiger partial charge on any atom is -0.259 e. The standard InChI is InChI=1S/C18H13Cl2N/c1-12-14(10-15-7-8-16(19)11-17(15)20)6-5-13-4-2-3-9-21-18(12)13/h5-9,11H,3,10H2,1H3. The summed E-state index contributed by atoms with van der Waals surface area (Å²) in [6.07, 6.45) is 3.33. The first kappa shape index (κ1) is 14.2. The average Bonchev–Trinajstić information content (AvgIpc) is 2.70. The summed E-state index contributed by atoms with van der Waals surface area (Å²) in [4.78, 5) is 4.52. The Morgan fingerprint density at radius 1 is 1.14 bits per heavy atom. The molecule has 0 N–H and O–H groups in total. The van der Waals surface area contributed by atoms with Crippen LogP contribution in [-0.2, 0) is 6.42 Å². The van der Waals surface area contributed by atoms with Crippen molar-refractivity contribution in [1.29, 1.82) is 0 Å². The second-order valence-corrected chi connectivity index (χ2v) is 5.82. The molecular formula is C18H13Cl2N. The lowest BCUT2D eigenvalue weighted by molar-refractivity contribution is 1.15. The Balaban J connectivity index is 2.01. The molecule has 1 aliphatic heterocycles. The van der Waals surface area contributed by atoms with Crippen molar-refractivity contribution in [1.82, 2.24) is 0 Å². The van der Waals surface area contributed by atoms with E-state index in [1.165, 1.54) is 5.56 Å². The van der Waals surface area contributed by atoms with Gasteiger partial charge in [-0.15, -0.1) is 0 Å². The zero-order valence-corrected chi connectivity index (χ0v) is 13.1. The van der Waals surface area contributed by atoms with E-state index in [1.54, 1.807) is 6.07 Å². The first-order valence-corrected chi connectivity index (χ1v) is 7.48. The van der Waals surface area contributed by atoms with Crippen molar-refractivity contribution in [2.45, 2.75) is 19.8 Å². The van der Waals surface area contributed by atoms with Gasteiger partial charge < -0.3 is 0 Å². The SMILES string of the molecule is Cc1c(Cc2ccc(Cl)cc2Cl)ccc2c1N=CCC#C2. The van der Waals surface area contributed by atoms with Crippen LogP contribution in [0, 0.1) is 18.8 Å². The molecule has 1 nitrogen and oxygen atoms in total. The monoisotopic (exact) mass is 313 g/mol. The van der Waals surface area contributed by atoms with Crippen LogP contribution in [0.15, 0.2) is 35.3 Å². The molecule has 0 bridgehead atoms. The molecule has 21 heavy (non-hydrogen) atoms. The van der Waals surface area contributed by atoms with Crippen molar-refractivity contribution < 1.29 is 0 Å². The predicted molar refractivity (Wildman–Crippen MR) is 90.1 cm³/mol. The molecule has 0 aromatic heterocycles. The lowest BCUT2D eigenvalue weighted by atomic mass is 9.96. The average molecular weight is 314 g/mol. The van der Waals surface area contributed by atoms with Crippen LogP contribution in [0.5, 0.6) is 0 Å². The Hall–Kier alpha value is -1.75. The van der Waals surface area contributed by atoms with Gasteiger partial charge >= 0.3 is 0 Å². The topological polar surface area (TPSA) is 12.4 Å². The van der Waals surface area contributed by atoms with Crippen LogP contribution in [0.25, 0.3) is 0 Å². The number of hydrogen-bond donors (Lipinski definition) is 0. The Bertz CT molecular complexity index is 795. The zero-order chi connectivity index (χ0) is 14.8. The summed E-state index contributed by atoms with van der Waals surface area (Å²) < 4.78 is 0. The van der Waals surface area contributed by atoms with Gasteiger partial charge in [0.2, 0.25) is 0 Å². The van der Waals surface area contributed by atoms with Crippen molar-refractivity contribution in [3.8, 4) is 11.8 Å². The fraction of sp³-hybridized carbons (Fsp3) is 0.167. The van der Waals surface area contributed by atoms with Crippen molar-refractivity contribution in [2.24, 2.45) is 4.99 Å². The molecule has 104 valence electrons. The molecule has 2 aromatic carbocycles. The smallest absolute Gasteiger partial charge is 0.0814 e. The van der Waals surface area contributed by atoms with Crippen LogP contribution in [0.1, 0.15) is 28.7 Å². The first-order chi connectivity index (χ1) is 10.1. The summed E-state index contributed by atoms with van der Waals surface area (Å²) in [5.41, 5.74) is 5.40. The maximum Gasteiger partial charge on any atom is 0.0814 e. The van der Waals surface area contributed by atoms with Crippen LogP contribution < -0.4 is 0 Å². The highest BCUT2D eigenvalue weighted by Gasteiger charge is 2.11. The van der Waals surface area contributed by atoms with Gasteiger partial charge in [-0.3, -0.25) is 4.99 Å². The molecule has 0 fully saturated rings. The van der Waals surface area contributed by atoms with E-state index < -0.39 is 0 Å². The number of fused-ring (bicyclic) bond motifs is 1. The van der Waals surface area contributed by atoms with Gasteiger partial charge in [-0.1, -0.05) is 47.2 Å². The van der Waals surface area contributed by atoms with Crippen LogP contribution in [0.3, 0.4) is 0 Å². The van der Waals surface area contributed by atoms with Crippen LogP contribution >= 0.6 is 23.2 Å². The number of halogens is 2. The second-order valence-electron chi connectivity index (χ2n) is 4.98. The highest BCUT2D eigenvalue weighted by atomic mass is 35.5. The van der Waals surface area contributed by atoms with E-state index in [0.717, 1.165) is 28.8 Å². The van der Waals surface area contributed by atoms with Crippen molar-refractivity contribution in [3.05, 3.63) is 62.6 Å². The summed E-state index contributed by atoms with van der Waals surface area (Å²) >= 11 is 12.2. The normalized spacial score (nSPS) is 12.3. The molecule has 0 unspecified atom stereocenters. The van der Waals surface area contributed by atoms with Gasteiger partial charge in [-0.05, 0) is 48.2 Å². The Morgan fingerprint density at radius 3 is 2.76 bits per heavy atom. The van der Waals surface area contributed by atoms with E-state index in [0.29, 0.717) is 16.5 Å². The van der Waals surface area contributed by atoms with Gasteiger partial charge in [0.15, 0.2) is 0 Å². The van der Waals surface area contributed by atoms with Gasteiger partial charge in [0, 0.05) is 22.7 Å². The highest BCUT2D eigenvalue weighted by molar-refractivity contribution is 6.35. The molecule has 1 heterocycles. The van der Waals surface area contributed by atoms with Crippen molar-refractivity contribution >= 4 is 35.1 Å². The van der Waals surface area contributed by atoms with Crippen LogP contribution in [-0.4, -0.2) is 6.21 Å². The minimum absolute atomic E-state index is 0.655. The van der Waals surface area contributed by atoms with E-state index in [-0.39, 0.29) is 0 Å². The van der Waals surface area contributed by atoms with Crippen molar-refractivity contribution in [2.75, 3.05) is 0 Å². The van der Waals surface area contributed by atoms with Gasteiger partial charge in [0.05, 0.1) is 11.3 Å². The Kier molecular flexibility index (Phi) is 4.01. The van der Waals surface area contributed by atoms with E-state index in [9.17, 15) is 0 Å². The molecule has 1 aliphatic rings. The fourth-order valence-corrected chi connectivity index (χ4v) is 2.88. The molecule has 3 heteroatoms. The molecule has 0 saturated carbocycles. The summed E-state index contributed by atoms with van der Waals surface area (Å²) in [6, 6.07) is 9.76. The molecule has 0 atom stereocenters. The second kappa shape index (κ2) is 5.93. The lowest BCUT2D eigenvalue weighted by Gasteiger charge is -2.11. The Labute approximate surface area is 134 Å². The highest BCUT2D eigenvalue weighted by Crippen LogP contribution is 2.30. The van der Waals surface area contributed by atoms with Gasteiger partial charge in [0.25, 0.3) is 0 Å². The molecule has 0 aliphatic carbocycles. The van der Waals surface area contributed by atoms with E-state index >= 15 is 0 Å². The fourth-order valence-electron chi connectivity index (χ4n) is 2.40. The number of nitrogens with zero attached hydrogens (tertiary/aromatic N) is 1. The van der Waals surface area contributed by atoms with Gasteiger partial charge in [0.1, 0.15) is 0 Å². The number of hydrogen-bond acceptors (Lipinski definition) is 1. The quantitative estimate of drug-likeness (QED) is 0.663. The van der Waals surface area contributed by atoms with E-state index in [4.69, 9.17) is 23.2 Å². The maximum absolute atomic E-state index is 6.26. The third kappa shape index (κ3) is 2.97. The molecular weight excluding hydrogens is 301 g/mol. The third-order valence-corrected chi connectivity index (χ3v) is 4.16. The molecule has 0 amide bonds. The third-order valence-electron chi connectivity index (χ3n) is 3.58. The van der Waals surface area contributed by atoms with Crippen molar-refractivity contribution in [3.63, 3.8) is 0 Å². The summed E-state index contributed by atoms with van der Waals surface area (Å²) in [6.45, 7) is 2.09. The number of aliphatic imine (C=N–C) groups is 1. The molecule has 0 spiro atoms. The van der Waals surface area contributed by atoms with Gasteiger partial charge in [-0.2, -0.15) is 0 Å². The number of benzene rings is 2. The summed E-state index contributed by atoms with van der Waals surface area (Å²) in [5.74, 6) is 6.24. The molecule has 3 rings (SSSR count). The van der Waals surface area contributed by atoms with Crippen LogP contribution in [0.2, 0.25) is 10.0 Å². The van der Waals surface area contributed by atoms with Crippen LogP contribution in [0.4, 0.5) is 5.69 Å². The summed E-state index contributed by atoms with van der Waals surface area (Å²) in [5, 5.41) is 1.35. The van der Waals surface area contributed by atoms with Gasteiger partial charge in [-0.25, -0.2) is 0 Å². The zero-order valence-electron chi connectivity index (χ0n) is 11.6. The van der Waals surface area contributed by atoms with E-state index in [1.807, 2.05) is 24.4 Å². The maximum atomic E-state index is 6.26. The minimum atomic E-state index is 0.655. The molecule has 0 radical (unpaired) electrons. The largest absolute Gasteiger partial charge is 0.259 e. The molecule has 2 aromatic rings. The van der Waals surface area contributed by atoms with E-state index in [2.05, 4.69) is 29.8 Å².